The van der Waals surface area contributed by atoms with Gasteiger partial charge in [0.2, 0.25) is 0 Å². The number of hydrogen-bond acceptors (Lipinski definition) is 6. The molecule has 2 unspecified atom stereocenters. The molecule has 0 radical (unpaired) electrons. The first-order valence-electron chi connectivity index (χ1n) is 22.5. The van der Waals surface area contributed by atoms with Gasteiger partial charge >= 0.3 is 0 Å². The molecule has 2 aliphatic rings. The number of benzene rings is 10. The van der Waals surface area contributed by atoms with Crippen LogP contribution < -0.4 is 51.1 Å². The summed E-state index contributed by atoms with van der Waals surface area (Å²) in [6, 6.07) is 83.8. The van der Waals surface area contributed by atoms with Crippen LogP contribution in [-0.2, 0) is 9.13 Å². The van der Waals surface area contributed by atoms with Crippen LogP contribution in [-0.4, -0.2) is 0 Å². The molecule has 12 rings (SSSR count). The van der Waals surface area contributed by atoms with Crippen LogP contribution >= 0.6 is 14.3 Å². The van der Waals surface area contributed by atoms with Gasteiger partial charge in [0.15, 0.2) is 37.3 Å². The Balaban J connectivity index is 0.861. The van der Waals surface area contributed by atoms with Crippen LogP contribution in [0.25, 0.3) is 11.1 Å². The van der Waals surface area contributed by atoms with Gasteiger partial charge in [-0.25, -0.2) is 0 Å². The fraction of sp³-hybridized carbons (Fsp3) is 0. The summed E-state index contributed by atoms with van der Waals surface area (Å²) in [6.07, 6.45) is 0. The summed E-state index contributed by atoms with van der Waals surface area (Å²) < 4.78 is 44.0. The molecule has 0 aliphatic carbocycles. The second-order valence-corrected chi connectivity index (χ2v) is 22.3. The molecule has 68 heavy (non-hydrogen) atoms. The van der Waals surface area contributed by atoms with E-state index in [2.05, 4.69) is 34.1 Å². The number of nitrogens with zero attached hydrogens (tertiary/aromatic N) is 2. The minimum absolute atomic E-state index is 0.736. The van der Waals surface area contributed by atoms with Crippen LogP contribution in [0.15, 0.2) is 255 Å². The van der Waals surface area contributed by atoms with Gasteiger partial charge in [-0.1, -0.05) is 158 Å². The maximum absolute atomic E-state index is 15.7. The third kappa shape index (κ3) is 6.97. The van der Waals surface area contributed by atoms with Crippen LogP contribution in [0.4, 0.5) is 34.1 Å². The average molecular weight is 917 g/mol. The van der Waals surface area contributed by atoms with E-state index in [1.165, 1.54) is 0 Å². The van der Waals surface area contributed by atoms with E-state index in [1.54, 1.807) is 0 Å². The van der Waals surface area contributed by atoms with Crippen LogP contribution in [0.3, 0.4) is 0 Å². The molecule has 6 nitrogen and oxygen atoms in total. The lowest BCUT2D eigenvalue weighted by atomic mass is 10.1. The summed E-state index contributed by atoms with van der Waals surface area (Å²) in [5.41, 5.74) is 7.56. The Morgan fingerprint density at radius 1 is 0.250 bits per heavy atom. The lowest BCUT2D eigenvalue weighted by Crippen LogP contribution is -2.25. The van der Waals surface area contributed by atoms with E-state index < -0.39 is 14.3 Å². The van der Waals surface area contributed by atoms with Crippen LogP contribution in [0.2, 0.25) is 0 Å². The summed E-state index contributed by atoms with van der Waals surface area (Å²) in [6.45, 7) is 0. The van der Waals surface area contributed by atoms with Gasteiger partial charge in [0.1, 0.15) is 0 Å². The van der Waals surface area contributed by atoms with Gasteiger partial charge in [0, 0.05) is 43.2 Å². The average Bonchev–Trinajstić information content (AvgIpc) is 3.42. The van der Waals surface area contributed by atoms with Crippen molar-refractivity contribution >= 4 is 80.2 Å². The van der Waals surface area contributed by atoms with E-state index in [1.807, 2.05) is 231 Å². The first-order valence-corrected chi connectivity index (χ1v) is 25.9. The smallest absolute Gasteiger partial charge is 0.171 e. The second-order valence-electron chi connectivity index (χ2n) is 16.8. The summed E-state index contributed by atoms with van der Waals surface area (Å²) in [4.78, 5) is 4.37. The van der Waals surface area contributed by atoms with Gasteiger partial charge in [-0.3, -0.25) is 0 Å². The molecule has 0 fully saturated rings. The highest BCUT2D eigenvalue weighted by molar-refractivity contribution is 7.85. The first-order chi connectivity index (χ1) is 33.5. The highest BCUT2D eigenvalue weighted by Crippen LogP contribution is 2.52. The maximum Gasteiger partial charge on any atom is 0.171 e. The van der Waals surface area contributed by atoms with E-state index in [4.69, 9.17) is 9.47 Å². The maximum atomic E-state index is 15.7. The number of fused-ring (bicyclic) bond motifs is 4. The number of rotatable bonds is 9. The van der Waals surface area contributed by atoms with Gasteiger partial charge in [-0.15, -0.1) is 0 Å². The Morgan fingerprint density at radius 2 is 0.485 bits per heavy atom. The molecule has 8 heteroatoms. The molecule has 0 N–H and O–H groups in total. The fourth-order valence-corrected chi connectivity index (χ4v) is 14.7. The largest absolute Gasteiger partial charge is 0.453 e. The van der Waals surface area contributed by atoms with Gasteiger partial charge in [0.05, 0.1) is 22.7 Å². The lowest BCUT2D eigenvalue weighted by molar-refractivity contribution is 0.477. The predicted molar refractivity (Wildman–Crippen MR) is 280 cm³/mol. The zero-order valence-corrected chi connectivity index (χ0v) is 38.5. The van der Waals surface area contributed by atoms with Gasteiger partial charge < -0.3 is 28.4 Å². The molecule has 2 aliphatic heterocycles. The highest BCUT2D eigenvalue weighted by Gasteiger charge is 2.33. The Bertz CT molecular complexity index is 3240. The molecular formula is C60H42N2O4P2. The monoisotopic (exact) mass is 916 g/mol. The molecule has 10 aromatic rings. The van der Waals surface area contributed by atoms with Crippen molar-refractivity contribution in [1.29, 1.82) is 0 Å². The first kappa shape index (κ1) is 41.3. The molecule has 0 bridgehead atoms. The number of hydrogen-bond donors (Lipinski definition) is 0. The van der Waals surface area contributed by atoms with Gasteiger partial charge in [-0.05, 0) is 108 Å². The predicted octanol–water partition coefficient (Wildman–Crippen LogP) is 13.8. The normalized spacial score (nSPS) is 14.1. The van der Waals surface area contributed by atoms with Crippen molar-refractivity contribution < 1.29 is 18.6 Å². The fourth-order valence-electron chi connectivity index (χ4n) is 9.49. The SMILES string of the molecule is O=P(c1ccccc1)(c1ccc(-c2ccc(P(=O)(c3ccccc3)c3ccc(N4c5ccccc5Oc5ccccc54)cc3)cc2)cc1)c1ccc(N2c3ccccc3Oc3ccccc32)cc1. The molecule has 0 amide bonds. The van der Waals surface area contributed by atoms with Crippen molar-refractivity contribution in [3.63, 3.8) is 0 Å². The molecule has 0 spiro atoms. The van der Waals surface area contributed by atoms with E-state index in [9.17, 15) is 0 Å². The summed E-state index contributed by atoms with van der Waals surface area (Å²) in [7, 11) is -6.62. The standard InChI is InChI=1S/C60H42N2O4P2/c63-67(47-15-3-1-4-16-47,51-39-31-45(32-40-51)61-53-19-7-11-23-57(53)65-58-24-12-8-20-54(58)61)49-35-27-43(28-36-49)44-29-37-50(38-30-44)68(64,48-17-5-2-6-18-48)52-41-33-46(34-42-52)62-55-21-9-13-25-59(55)66-60-26-14-10-22-56(60)62/h1-42H. The highest BCUT2D eigenvalue weighted by atomic mass is 31.2. The van der Waals surface area contributed by atoms with Crippen LogP contribution in [0.1, 0.15) is 0 Å². The lowest BCUT2D eigenvalue weighted by Gasteiger charge is -2.33. The number of ether oxygens (including phenoxy) is 2. The Morgan fingerprint density at radius 3 is 0.779 bits per heavy atom. The van der Waals surface area contributed by atoms with Gasteiger partial charge in [0.25, 0.3) is 0 Å². The van der Waals surface area contributed by atoms with E-state index in [0.29, 0.717) is 0 Å². The Kier molecular flexibility index (Phi) is 10.3. The third-order valence-corrected chi connectivity index (χ3v) is 19.0. The van der Waals surface area contributed by atoms with E-state index in [0.717, 1.165) is 100 Å². The van der Waals surface area contributed by atoms with Crippen LogP contribution in [0, 0.1) is 0 Å². The second kappa shape index (κ2) is 16.9. The third-order valence-electron chi connectivity index (χ3n) is 12.8. The van der Waals surface area contributed by atoms with Crippen molar-refractivity contribution in [2.24, 2.45) is 0 Å². The topological polar surface area (TPSA) is 59.1 Å². The molecule has 2 atom stereocenters. The summed E-state index contributed by atoms with van der Waals surface area (Å²) >= 11 is 0. The Labute approximate surface area is 395 Å². The van der Waals surface area contributed by atoms with Crippen molar-refractivity contribution in [1.82, 2.24) is 0 Å². The van der Waals surface area contributed by atoms with Crippen LogP contribution in [0.5, 0.6) is 23.0 Å². The minimum Gasteiger partial charge on any atom is -0.453 e. The quantitative estimate of drug-likeness (QED) is 0.134. The number of anilines is 6. The van der Waals surface area contributed by atoms with Crippen molar-refractivity contribution in [2.75, 3.05) is 9.80 Å². The molecule has 2 heterocycles. The molecule has 0 saturated carbocycles. The molecular weight excluding hydrogens is 875 g/mol. The summed E-state index contributed by atoms with van der Waals surface area (Å²) in [5.74, 6) is 3.11. The number of para-hydroxylation sites is 8. The van der Waals surface area contributed by atoms with E-state index >= 15 is 9.13 Å². The molecule has 10 aromatic carbocycles. The van der Waals surface area contributed by atoms with E-state index in [-0.39, 0.29) is 0 Å². The minimum atomic E-state index is -3.31. The molecule has 0 saturated heterocycles. The summed E-state index contributed by atoms with van der Waals surface area (Å²) in [5, 5.41) is 4.47. The molecule has 326 valence electrons. The molecule has 0 aromatic heterocycles. The van der Waals surface area contributed by atoms with Crippen molar-refractivity contribution in [3.8, 4) is 34.1 Å². The van der Waals surface area contributed by atoms with Crippen molar-refractivity contribution in [2.45, 2.75) is 0 Å². The van der Waals surface area contributed by atoms with Crippen molar-refractivity contribution in [3.05, 3.63) is 255 Å². The zero-order valence-electron chi connectivity index (χ0n) is 36.7. The van der Waals surface area contributed by atoms with Gasteiger partial charge in [-0.2, -0.15) is 0 Å². The zero-order chi connectivity index (χ0) is 45.7. The Hall–Kier alpha value is -8.14.